The van der Waals surface area contributed by atoms with Gasteiger partial charge in [-0.2, -0.15) is 0 Å². The zero-order chi connectivity index (χ0) is 21.1. The molecule has 1 unspecified atom stereocenters. The number of imide groups is 1. The molecule has 154 valence electrons. The first kappa shape index (κ1) is 21.8. The van der Waals surface area contributed by atoms with Crippen LogP contribution in [0.25, 0.3) is 0 Å². The first-order valence-corrected chi connectivity index (χ1v) is 10.4. The maximum atomic E-state index is 12.4. The fourth-order valence-corrected chi connectivity index (χ4v) is 3.60. The third kappa shape index (κ3) is 6.03. The molecule has 9 nitrogen and oxygen atoms in total. The van der Waals surface area contributed by atoms with Crippen LogP contribution in [-0.2, 0) is 19.6 Å². The number of esters is 1. The second-order valence-corrected chi connectivity index (χ2v) is 8.75. The standard InChI is InChI=1S/C18H25N3O6S/c1-10(2)19-18(24)20-16(22)12(4)27-17(23)15-9-14(8-5-11(15)3)28(25,26)21-13-6-7-13/h5,8-10,12-13,21H,6-7H2,1-4H3,(H2,19,20,22,24). The van der Waals surface area contributed by atoms with Crippen molar-refractivity contribution in [3.05, 3.63) is 29.3 Å². The van der Waals surface area contributed by atoms with Crippen LogP contribution in [-0.4, -0.2) is 44.5 Å². The van der Waals surface area contributed by atoms with Crippen LogP contribution in [0.2, 0.25) is 0 Å². The van der Waals surface area contributed by atoms with Crippen molar-refractivity contribution in [1.82, 2.24) is 15.4 Å². The summed E-state index contributed by atoms with van der Waals surface area (Å²) in [6.07, 6.45) is 0.336. The maximum absolute atomic E-state index is 12.4. The predicted molar refractivity (Wildman–Crippen MR) is 101 cm³/mol. The van der Waals surface area contributed by atoms with Gasteiger partial charge < -0.3 is 10.1 Å². The summed E-state index contributed by atoms with van der Waals surface area (Å²) in [4.78, 5) is 35.9. The highest BCUT2D eigenvalue weighted by molar-refractivity contribution is 7.89. The summed E-state index contributed by atoms with van der Waals surface area (Å²) < 4.78 is 32.3. The molecule has 1 aliphatic carbocycles. The van der Waals surface area contributed by atoms with E-state index in [0.29, 0.717) is 5.56 Å². The summed E-state index contributed by atoms with van der Waals surface area (Å²) in [5.41, 5.74) is 0.533. The molecule has 0 bridgehead atoms. The number of hydrogen-bond acceptors (Lipinski definition) is 6. The number of hydrogen-bond donors (Lipinski definition) is 3. The number of benzene rings is 1. The summed E-state index contributed by atoms with van der Waals surface area (Å²) >= 11 is 0. The van der Waals surface area contributed by atoms with Crippen molar-refractivity contribution in [2.24, 2.45) is 0 Å². The number of rotatable bonds is 7. The van der Waals surface area contributed by atoms with E-state index in [-0.39, 0.29) is 22.5 Å². The van der Waals surface area contributed by atoms with Gasteiger partial charge in [0, 0.05) is 12.1 Å². The highest BCUT2D eigenvalue weighted by atomic mass is 32.2. The van der Waals surface area contributed by atoms with Crippen LogP contribution in [0, 0.1) is 6.92 Å². The number of amides is 3. The predicted octanol–water partition coefficient (Wildman–Crippen LogP) is 1.22. The van der Waals surface area contributed by atoms with E-state index in [9.17, 15) is 22.8 Å². The van der Waals surface area contributed by atoms with Crippen molar-refractivity contribution in [2.45, 2.75) is 63.6 Å². The third-order valence-corrected chi connectivity index (χ3v) is 5.47. The van der Waals surface area contributed by atoms with E-state index in [1.165, 1.54) is 25.1 Å². The van der Waals surface area contributed by atoms with E-state index in [1.807, 2.05) is 0 Å². The monoisotopic (exact) mass is 411 g/mol. The quantitative estimate of drug-likeness (QED) is 0.578. The molecule has 10 heteroatoms. The lowest BCUT2D eigenvalue weighted by Gasteiger charge is -2.15. The number of urea groups is 1. The SMILES string of the molecule is Cc1ccc(S(=O)(=O)NC2CC2)cc1C(=O)OC(C)C(=O)NC(=O)NC(C)C. The molecule has 1 aliphatic rings. The molecule has 1 aromatic rings. The maximum Gasteiger partial charge on any atom is 0.339 e. The lowest BCUT2D eigenvalue weighted by atomic mass is 10.1. The van der Waals surface area contributed by atoms with Crippen molar-refractivity contribution in [2.75, 3.05) is 0 Å². The van der Waals surface area contributed by atoms with E-state index in [2.05, 4.69) is 15.4 Å². The Balaban J connectivity index is 2.07. The second kappa shape index (κ2) is 8.70. The number of carbonyl (C=O) groups excluding carboxylic acids is 3. The fourth-order valence-electron chi connectivity index (χ4n) is 2.27. The Morgan fingerprint density at radius 3 is 2.36 bits per heavy atom. The zero-order valence-electron chi connectivity index (χ0n) is 16.2. The number of ether oxygens (including phenoxy) is 1. The topological polar surface area (TPSA) is 131 Å². The van der Waals surface area contributed by atoms with Gasteiger partial charge in [-0.05, 0) is 58.2 Å². The molecule has 0 saturated heterocycles. The molecule has 3 N–H and O–H groups in total. The molecule has 3 amide bonds. The largest absolute Gasteiger partial charge is 0.449 e. The Bertz CT molecular complexity index is 877. The Kier molecular flexibility index (Phi) is 6.78. The highest BCUT2D eigenvalue weighted by Crippen LogP contribution is 2.23. The van der Waals surface area contributed by atoms with Gasteiger partial charge in [-0.25, -0.2) is 22.7 Å². The molecule has 0 aliphatic heterocycles. The minimum absolute atomic E-state index is 0.0324. The van der Waals surface area contributed by atoms with Gasteiger partial charge in [-0.15, -0.1) is 0 Å². The fraction of sp³-hybridized carbons (Fsp3) is 0.500. The van der Waals surface area contributed by atoms with Crippen molar-refractivity contribution in [3.8, 4) is 0 Å². The van der Waals surface area contributed by atoms with E-state index in [0.717, 1.165) is 12.8 Å². The van der Waals surface area contributed by atoms with E-state index < -0.39 is 34.0 Å². The van der Waals surface area contributed by atoms with Crippen LogP contribution in [0.4, 0.5) is 4.79 Å². The average molecular weight is 411 g/mol. The molecule has 0 heterocycles. The molecule has 0 radical (unpaired) electrons. The van der Waals surface area contributed by atoms with E-state index >= 15 is 0 Å². The Hall–Kier alpha value is -2.46. The number of aryl methyl sites for hydroxylation is 1. The van der Waals surface area contributed by atoms with Gasteiger partial charge >= 0.3 is 12.0 Å². The molecule has 1 fully saturated rings. The minimum Gasteiger partial charge on any atom is -0.449 e. The Morgan fingerprint density at radius 1 is 1.14 bits per heavy atom. The van der Waals surface area contributed by atoms with Gasteiger partial charge in [0.1, 0.15) is 0 Å². The van der Waals surface area contributed by atoms with Crippen LogP contribution < -0.4 is 15.4 Å². The molecule has 1 atom stereocenters. The minimum atomic E-state index is -3.73. The molecule has 1 aromatic carbocycles. The lowest BCUT2D eigenvalue weighted by Crippen LogP contribution is -2.46. The zero-order valence-corrected chi connectivity index (χ0v) is 17.1. The first-order valence-electron chi connectivity index (χ1n) is 8.95. The Morgan fingerprint density at radius 2 is 1.79 bits per heavy atom. The van der Waals surface area contributed by atoms with Gasteiger partial charge in [0.15, 0.2) is 6.10 Å². The van der Waals surface area contributed by atoms with Gasteiger partial charge in [0.05, 0.1) is 10.5 Å². The van der Waals surface area contributed by atoms with Crippen molar-refractivity contribution >= 4 is 27.9 Å². The average Bonchev–Trinajstić information content (AvgIpc) is 3.37. The summed E-state index contributed by atoms with van der Waals surface area (Å²) in [6.45, 7) is 6.41. The van der Waals surface area contributed by atoms with Crippen LogP contribution in [0.5, 0.6) is 0 Å². The lowest BCUT2D eigenvalue weighted by molar-refractivity contribution is -0.127. The van der Waals surface area contributed by atoms with Gasteiger partial charge in [0.2, 0.25) is 10.0 Å². The summed E-state index contributed by atoms with van der Waals surface area (Å²) in [7, 11) is -3.73. The molecule has 0 aromatic heterocycles. The van der Waals surface area contributed by atoms with Crippen LogP contribution in [0.15, 0.2) is 23.1 Å². The molecular formula is C18H25N3O6S. The number of sulfonamides is 1. The summed E-state index contributed by atoms with van der Waals surface area (Å²) in [6, 6.07) is 3.20. The third-order valence-electron chi connectivity index (χ3n) is 3.95. The normalized spacial score (nSPS) is 15.0. The number of nitrogens with one attached hydrogen (secondary N) is 3. The van der Waals surface area contributed by atoms with Crippen LogP contribution in [0.1, 0.15) is 49.5 Å². The molecular weight excluding hydrogens is 386 g/mol. The van der Waals surface area contributed by atoms with Crippen LogP contribution in [0.3, 0.4) is 0 Å². The van der Waals surface area contributed by atoms with Gasteiger partial charge in [0.25, 0.3) is 5.91 Å². The van der Waals surface area contributed by atoms with Crippen LogP contribution >= 0.6 is 0 Å². The number of carbonyl (C=O) groups is 3. The van der Waals surface area contributed by atoms with Gasteiger partial charge in [-0.3, -0.25) is 10.1 Å². The Labute approximate surface area is 164 Å². The van der Waals surface area contributed by atoms with Gasteiger partial charge in [-0.1, -0.05) is 6.07 Å². The summed E-state index contributed by atoms with van der Waals surface area (Å²) in [5.74, 6) is -1.64. The van der Waals surface area contributed by atoms with E-state index in [4.69, 9.17) is 4.74 Å². The van der Waals surface area contributed by atoms with Crippen molar-refractivity contribution < 1.29 is 27.5 Å². The van der Waals surface area contributed by atoms with Crippen molar-refractivity contribution in [1.29, 1.82) is 0 Å². The second-order valence-electron chi connectivity index (χ2n) is 7.04. The van der Waals surface area contributed by atoms with Crippen molar-refractivity contribution in [3.63, 3.8) is 0 Å². The smallest absolute Gasteiger partial charge is 0.339 e. The molecule has 0 spiro atoms. The molecule has 28 heavy (non-hydrogen) atoms. The molecule has 1 saturated carbocycles. The first-order chi connectivity index (χ1) is 13.0. The highest BCUT2D eigenvalue weighted by Gasteiger charge is 2.29. The molecule has 2 rings (SSSR count). The van der Waals surface area contributed by atoms with E-state index in [1.54, 1.807) is 20.8 Å². The summed E-state index contributed by atoms with van der Waals surface area (Å²) in [5, 5.41) is 4.56.